The molecule has 0 aliphatic carbocycles. The summed E-state index contributed by atoms with van der Waals surface area (Å²) in [6, 6.07) is 13.7. The van der Waals surface area contributed by atoms with Gasteiger partial charge in [-0.25, -0.2) is 0 Å². The Hall–Kier alpha value is -1.47. The second-order valence-electron chi connectivity index (χ2n) is 6.89. The van der Waals surface area contributed by atoms with Gasteiger partial charge in [0.05, 0.1) is 0 Å². The molecule has 0 fully saturated rings. The third-order valence-electron chi connectivity index (χ3n) is 3.94. The molecule has 25 heavy (non-hydrogen) atoms. The van der Waals surface area contributed by atoms with Gasteiger partial charge in [0.1, 0.15) is 0 Å². The SMILES string of the molecule is CCc1cc(I)ccc1NC(=S)NC(=O)c1ccc(C(C)(C)C)cc1. The molecule has 3 nitrogen and oxygen atoms in total. The average molecular weight is 466 g/mol. The quantitative estimate of drug-likeness (QED) is 0.478. The molecular formula is C20H23IN2OS. The van der Waals surface area contributed by atoms with E-state index in [1.54, 1.807) is 0 Å². The molecule has 0 unspecified atom stereocenters. The summed E-state index contributed by atoms with van der Waals surface area (Å²) in [5, 5.41) is 6.18. The van der Waals surface area contributed by atoms with Crippen LogP contribution in [0.1, 0.15) is 49.2 Å². The first-order chi connectivity index (χ1) is 11.7. The Balaban J connectivity index is 2.04. The number of thiocarbonyl (C=S) groups is 1. The molecule has 0 saturated carbocycles. The number of benzene rings is 2. The van der Waals surface area contributed by atoms with Gasteiger partial charge in [-0.3, -0.25) is 10.1 Å². The van der Waals surface area contributed by atoms with Gasteiger partial charge in [-0.05, 0) is 88.1 Å². The van der Waals surface area contributed by atoms with E-state index in [4.69, 9.17) is 12.2 Å². The largest absolute Gasteiger partial charge is 0.332 e. The van der Waals surface area contributed by atoms with E-state index in [-0.39, 0.29) is 11.3 Å². The summed E-state index contributed by atoms with van der Waals surface area (Å²) in [5.74, 6) is -0.207. The fourth-order valence-corrected chi connectivity index (χ4v) is 3.19. The van der Waals surface area contributed by atoms with E-state index < -0.39 is 0 Å². The number of carbonyl (C=O) groups is 1. The molecule has 1 amide bonds. The number of carbonyl (C=O) groups excluding carboxylic acids is 1. The lowest BCUT2D eigenvalue weighted by Crippen LogP contribution is -2.34. The van der Waals surface area contributed by atoms with Gasteiger partial charge in [0, 0.05) is 14.8 Å². The predicted octanol–water partition coefficient (Wildman–Crippen LogP) is 5.28. The lowest BCUT2D eigenvalue weighted by atomic mass is 9.87. The lowest BCUT2D eigenvalue weighted by molar-refractivity contribution is 0.0977. The Kier molecular flexibility index (Phi) is 6.57. The molecule has 0 bridgehead atoms. The summed E-state index contributed by atoms with van der Waals surface area (Å²) >= 11 is 7.58. The topological polar surface area (TPSA) is 41.1 Å². The van der Waals surface area contributed by atoms with E-state index in [9.17, 15) is 4.79 Å². The third kappa shape index (κ3) is 5.51. The van der Waals surface area contributed by atoms with Gasteiger partial charge in [0.15, 0.2) is 5.11 Å². The molecule has 2 N–H and O–H groups in total. The fraction of sp³-hybridized carbons (Fsp3) is 0.300. The normalized spacial score (nSPS) is 11.1. The molecule has 0 saturated heterocycles. The number of amides is 1. The van der Waals surface area contributed by atoms with Crippen LogP contribution in [0.3, 0.4) is 0 Å². The number of hydrogen-bond donors (Lipinski definition) is 2. The number of aryl methyl sites for hydroxylation is 1. The van der Waals surface area contributed by atoms with Crippen molar-refractivity contribution < 1.29 is 4.79 Å². The van der Waals surface area contributed by atoms with E-state index in [0.717, 1.165) is 17.7 Å². The summed E-state index contributed by atoms with van der Waals surface area (Å²) in [7, 11) is 0. The molecule has 0 aliphatic rings. The molecule has 2 aromatic rings. The van der Waals surface area contributed by atoms with Crippen molar-refractivity contribution in [3.63, 3.8) is 0 Å². The summed E-state index contributed by atoms with van der Waals surface area (Å²) in [5.41, 5.74) is 3.94. The molecule has 132 valence electrons. The minimum absolute atomic E-state index is 0.0627. The monoisotopic (exact) mass is 466 g/mol. The van der Waals surface area contributed by atoms with Crippen LogP contribution in [-0.4, -0.2) is 11.0 Å². The molecular weight excluding hydrogens is 443 g/mol. The van der Waals surface area contributed by atoms with Crippen molar-refractivity contribution in [2.45, 2.75) is 39.5 Å². The van der Waals surface area contributed by atoms with Crippen LogP contribution < -0.4 is 10.6 Å². The van der Waals surface area contributed by atoms with Crippen LogP contribution in [0.2, 0.25) is 0 Å². The van der Waals surface area contributed by atoms with E-state index >= 15 is 0 Å². The Morgan fingerprint density at radius 1 is 1.12 bits per heavy atom. The highest BCUT2D eigenvalue weighted by molar-refractivity contribution is 14.1. The minimum atomic E-state index is -0.207. The van der Waals surface area contributed by atoms with Crippen LogP contribution in [0, 0.1) is 3.57 Å². The summed E-state index contributed by atoms with van der Waals surface area (Å²) in [4.78, 5) is 12.4. The van der Waals surface area contributed by atoms with Crippen molar-refractivity contribution in [2.24, 2.45) is 0 Å². The van der Waals surface area contributed by atoms with E-state index in [1.807, 2.05) is 36.4 Å². The number of hydrogen-bond acceptors (Lipinski definition) is 2. The van der Waals surface area contributed by atoms with Crippen molar-refractivity contribution in [1.82, 2.24) is 5.32 Å². The molecule has 0 spiro atoms. The molecule has 0 atom stereocenters. The molecule has 5 heteroatoms. The smallest absolute Gasteiger partial charge is 0.257 e. The van der Waals surface area contributed by atoms with Crippen molar-refractivity contribution in [3.8, 4) is 0 Å². The second-order valence-corrected chi connectivity index (χ2v) is 8.54. The maximum Gasteiger partial charge on any atom is 0.257 e. The zero-order valence-corrected chi connectivity index (χ0v) is 17.9. The predicted molar refractivity (Wildman–Crippen MR) is 117 cm³/mol. The molecule has 2 aromatic carbocycles. The number of nitrogens with one attached hydrogen (secondary N) is 2. The van der Waals surface area contributed by atoms with Crippen LogP contribution in [0.4, 0.5) is 5.69 Å². The van der Waals surface area contributed by atoms with Crippen molar-refractivity contribution in [2.75, 3.05) is 5.32 Å². The Morgan fingerprint density at radius 2 is 1.76 bits per heavy atom. The van der Waals surface area contributed by atoms with Crippen LogP contribution in [0.25, 0.3) is 0 Å². The lowest BCUT2D eigenvalue weighted by Gasteiger charge is -2.19. The van der Waals surface area contributed by atoms with E-state index in [0.29, 0.717) is 10.7 Å². The number of anilines is 1. The van der Waals surface area contributed by atoms with Crippen molar-refractivity contribution >= 4 is 51.5 Å². The second kappa shape index (κ2) is 8.27. The van der Waals surface area contributed by atoms with Crippen LogP contribution in [0.15, 0.2) is 42.5 Å². The highest BCUT2D eigenvalue weighted by atomic mass is 127. The minimum Gasteiger partial charge on any atom is -0.332 e. The summed E-state index contributed by atoms with van der Waals surface area (Å²) in [6.07, 6.45) is 0.893. The van der Waals surface area contributed by atoms with Crippen LogP contribution in [0.5, 0.6) is 0 Å². The molecule has 0 aromatic heterocycles. The average Bonchev–Trinajstić information content (AvgIpc) is 2.55. The maximum absolute atomic E-state index is 12.4. The van der Waals surface area contributed by atoms with Gasteiger partial charge in [0.25, 0.3) is 5.91 Å². The first kappa shape index (κ1) is 19.8. The Labute approximate surface area is 168 Å². The maximum atomic E-state index is 12.4. The zero-order valence-electron chi connectivity index (χ0n) is 14.9. The van der Waals surface area contributed by atoms with Gasteiger partial charge in [-0.15, -0.1) is 0 Å². The molecule has 2 rings (SSSR count). The summed E-state index contributed by atoms with van der Waals surface area (Å²) < 4.78 is 1.17. The summed E-state index contributed by atoms with van der Waals surface area (Å²) in [6.45, 7) is 8.53. The molecule has 0 radical (unpaired) electrons. The van der Waals surface area contributed by atoms with Crippen LogP contribution in [-0.2, 0) is 11.8 Å². The van der Waals surface area contributed by atoms with Gasteiger partial charge in [0.2, 0.25) is 0 Å². The Bertz CT molecular complexity index is 779. The van der Waals surface area contributed by atoms with Crippen LogP contribution >= 0.6 is 34.8 Å². The van der Waals surface area contributed by atoms with Crippen molar-refractivity contribution in [1.29, 1.82) is 0 Å². The number of halogens is 1. The standard InChI is InChI=1S/C20H23IN2OS/c1-5-13-12-16(21)10-11-17(13)22-19(25)23-18(24)14-6-8-15(9-7-14)20(2,3)4/h6-12H,5H2,1-4H3,(H2,22,23,24,25). The Morgan fingerprint density at radius 3 is 2.32 bits per heavy atom. The molecule has 0 aliphatic heterocycles. The van der Waals surface area contributed by atoms with Gasteiger partial charge in [-0.2, -0.15) is 0 Å². The number of rotatable bonds is 3. The highest BCUT2D eigenvalue weighted by Gasteiger charge is 2.15. The first-order valence-corrected chi connectivity index (χ1v) is 9.70. The highest BCUT2D eigenvalue weighted by Crippen LogP contribution is 2.22. The van der Waals surface area contributed by atoms with E-state index in [2.05, 4.69) is 67.0 Å². The van der Waals surface area contributed by atoms with E-state index in [1.165, 1.54) is 9.13 Å². The fourth-order valence-electron chi connectivity index (χ4n) is 2.43. The van der Waals surface area contributed by atoms with Gasteiger partial charge < -0.3 is 5.32 Å². The zero-order chi connectivity index (χ0) is 18.6. The first-order valence-electron chi connectivity index (χ1n) is 8.22. The molecule has 0 heterocycles. The third-order valence-corrected chi connectivity index (χ3v) is 4.81. The van der Waals surface area contributed by atoms with Crippen molar-refractivity contribution in [3.05, 3.63) is 62.7 Å². The van der Waals surface area contributed by atoms with Gasteiger partial charge in [-0.1, -0.05) is 39.8 Å². The van der Waals surface area contributed by atoms with Gasteiger partial charge >= 0.3 is 0 Å².